The molecule has 0 spiro atoms. The van der Waals surface area contributed by atoms with Crippen LogP contribution in [0.4, 0.5) is 0 Å². The van der Waals surface area contributed by atoms with E-state index in [0.29, 0.717) is 16.0 Å². The van der Waals surface area contributed by atoms with Crippen molar-refractivity contribution < 1.29 is 53.1 Å². The minimum atomic E-state index is -2.64. The standard InChI is InChI=1S/C26H25N2O7.Rh/c1-10-4-5-11-7-12-8-13-9-15-19(28(2)3)22(31)18(25(27)34)24(33)26(15,35)23(32)17(13)21(30)16(12)20(29)14(11)6-10;/h4-7,13,15,19,29,31-32,35H,1,8-9H2,2-3H3,(H2,27,34);/t13-,15-,19-,26-;/m0./s1. The number of fused-ring (bicyclic) bond motifs is 4. The number of hydrogen-bond donors (Lipinski definition) is 5. The van der Waals surface area contributed by atoms with Gasteiger partial charge in [0.2, 0.25) is 0 Å². The molecular formula is C26H25N2O7Rh. The second kappa shape index (κ2) is 8.23. The SMILES string of the molecule is CN(C)[C@@H]1C(O)=C(C(N)=O)C(=O)[C@@]2(O)C(O)=C3C(=O)c4c(cc5ccc([CH2][Rh])cc5c4O)C[C@H]3C[C@@H]12. The molecule has 0 radical (unpaired) electrons. The molecule has 9 nitrogen and oxygen atoms in total. The van der Waals surface area contributed by atoms with Gasteiger partial charge in [-0.25, -0.2) is 0 Å². The zero-order chi connectivity index (χ0) is 26.3. The van der Waals surface area contributed by atoms with Gasteiger partial charge < -0.3 is 10.8 Å². The van der Waals surface area contributed by atoms with Crippen LogP contribution in [0.25, 0.3) is 10.8 Å². The fraction of sp³-hybridized carbons (Fsp3) is 0.346. The molecule has 0 fully saturated rings. The topological polar surface area (TPSA) is 161 Å². The maximum atomic E-state index is 13.7. The average molecular weight is 580 g/mol. The van der Waals surface area contributed by atoms with Gasteiger partial charge in [-0.2, -0.15) is 0 Å². The summed E-state index contributed by atoms with van der Waals surface area (Å²) in [6, 6.07) is 6.40. The Hall–Kier alpha value is -3.07. The Morgan fingerprint density at radius 3 is 2.50 bits per heavy atom. The van der Waals surface area contributed by atoms with Gasteiger partial charge in [0.05, 0.1) is 0 Å². The number of phenols is 1. The fourth-order valence-electron chi connectivity index (χ4n) is 6.14. The molecule has 0 heterocycles. The second-order valence-electron chi connectivity index (χ2n) is 9.90. The van der Waals surface area contributed by atoms with Crippen LogP contribution in [0.15, 0.2) is 46.9 Å². The third-order valence-electron chi connectivity index (χ3n) is 7.73. The number of ketones is 2. The van der Waals surface area contributed by atoms with Gasteiger partial charge in [-0.1, -0.05) is 0 Å². The first-order valence-electron chi connectivity index (χ1n) is 11.4. The molecule has 5 rings (SSSR count). The molecule has 190 valence electrons. The second-order valence-corrected chi connectivity index (χ2v) is 10.5. The Bertz CT molecular complexity index is 1440. The predicted octanol–water partition coefficient (Wildman–Crippen LogP) is 1.32. The van der Waals surface area contributed by atoms with Crippen LogP contribution in [0.2, 0.25) is 0 Å². The first kappa shape index (κ1) is 24.6. The van der Waals surface area contributed by atoms with E-state index in [1.54, 1.807) is 20.2 Å². The number of primary amides is 1. The number of phenolic OH excluding ortho intramolecular Hbond substituents is 1. The number of aliphatic hydroxyl groups is 3. The minimum absolute atomic E-state index is 0.0156. The maximum absolute atomic E-state index is 13.7. The van der Waals surface area contributed by atoms with Gasteiger partial charge >= 0.3 is 170 Å². The van der Waals surface area contributed by atoms with Crippen LogP contribution in [0, 0.1) is 11.8 Å². The van der Waals surface area contributed by atoms with Crippen LogP contribution in [0.5, 0.6) is 5.75 Å². The molecule has 0 aromatic heterocycles. The van der Waals surface area contributed by atoms with Crippen molar-refractivity contribution >= 4 is 28.2 Å². The molecule has 36 heavy (non-hydrogen) atoms. The van der Waals surface area contributed by atoms with E-state index in [1.807, 2.05) is 18.2 Å². The number of aliphatic hydroxyl groups excluding tert-OH is 2. The summed E-state index contributed by atoms with van der Waals surface area (Å²) in [5, 5.41) is 46.7. The van der Waals surface area contributed by atoms with Gasteiger partial charge in [-0.05, 0) is 14.1 Å². The molecular weight excluding hydrogens is 555 g/mol. The van der Waals surface area contributed by atoms with E-state index in [4.69, 9.17) is 5.73 Å². The zero-order valence-corrected chi connectivity index (χ0v) is 21.2. The number of hydrogen-bond acceptors (Lipinski definition) is 8. The number of allylic oxidation sites excluding steroid dienone is 1. The van der Waals surface area contributed by atoms with Crippen molar-refractivity contribution in [2.24, 2.45) is 17.6 Å². The number of Topliss-reactive ketones (excluding diaryl/α,β-unsaturated/α-hetero) is 2. The van der Waals surface area contributed by atoms with E-state index in [9.17, 15) is 34.8 Å². The summed E-state index contributed by atoms with van der Waals surface area (Å²) in [4.78, 5) is 40.6. The van der Waals surface area contributed by atoms with Crippen molar-refractivity contribution in [3.05, 3.63) is 63.6 Å². The first-order valence-corrected chi connectivity index (χ1v) is 12.5. The molecule has 2 aromatic rings. The van der Waals surface area contributed by atoms with Crippen molar-refractivity contribution in [2.45, 2.75) is 29.5 Å². The predicted molar refractivity (Wildman–Crippen MR) is 125 cm³/mol. The number of carbonyl (C=O) groups is 3. The van der Waals surface area contributed by atoms with Crippen molar-refractivity contribution in [3.8, 4) is 5.75 Å². The molecule has 0 saturated heterocycles. The molecule has 0 aliphatic heterocycles. The number of carbonyl (C=O) groups excluding carboxylic acids is 3. The number of amides is 1. The Labute approximate surface area is 216 Å². The van der Waals surface area contributed by atoms with E-state index >= 15 is 0 Å². The zero-order valence-electron chi connectivity index (χ0n) is 19.5. The van der Waals surface area contributed by atoms with Crippen molar-refractivity contribution in [2.75, 3.05) is 14.1 Å². The van der Waals surface area contributed by atoms with Crippen LogP contribution in [-0.4, -0.2) is 68.5 Å². The molecule has 3 aliphatic rings. The van der Waals surface area contributed by atoms with E-state index in [0.717, 1.165) is 10.9 Å². The van der Waals surface area contributed by atoms with Crippen molar-refractivity contribution in [1.82, 2.24) is 4.90 Å². The number of aromatic hydroxyl groups is 1. The molecule has 3 aliphatic carbocycles. The Morgan fingerprint density at radius 2 is 1.89 bits per heavy atom. The van der Waals surface area contributed by atoms with Gasteiger partial charge in [0, 0.05) is 0 Å². The normalized spacial score (nSPS) is 27.9. The molecule has 0 bridgehead atoms. The number of nitrogens with zero attached hydrogens (tertiary/aromatic N) is 1. The monoisotopic (exact) mass is 580 g/mol. The Kier molecular flexibility index (Phi) is 5.63. The number of nitrogens with two attached hydrogens (primary N) is 1. The summed E-state index contributed by atoms with van der Waals surface area (Å²) in [5.74, 6) is -6.48. The van der Waals surface area contributed by atoms with Crippen molar-refractivity contribution in [3.63, 3.8) is 0 Å². The molecule has 1 amide bonds. The molecule has 10 heteroatoms. The Morgan fingerprint density at radius 1 is 1.19 bits per heavy atom. The van der Waals surface area contributed by atoms with Gasteiger partial charge in [-0.15, -0.1) is 0 Å². The van der Waals surface area contributed by atoms with Crippen LogP contribution in [0.1, 0.15) is 27.9 Å². The quantitative estimate of drug-likeness (QED) is 0.268. The summed E-state index contributed by atoms with van der Waals surface area (Å²) < 4.78 is 0. The summed E-state index contributed by atoms with van der Waals surface area (Å²) in [7, 11) is 3.19. The summed E-state index contributed by atoms with van der Waals surface area (Å²) >= 11 is 2.80. The van der Waals surface area contributed by atoms with Crippen LogP contribution in [-0.2, 0) is 39.3 Å². The van der Waals surface area contributed by atoms with Gasteiger partial charge in [0.25, 0.3) is 5.91 Å². The van der Waals surface area contributed by atoms with Crippen LogP contribution < -0.4 is 5.73 Å². The summed E-state index contributed by atoms with van der Waals surface area (Å²) in [6.07, 6.45) is 0.331. The number of benzene rings is 2. The van der Waals surface area contributed by atoms with Gasteiger partial charge in [-0.3, -0.25) is 9.69 Å². The van der Waals surface area contributed by atoms with E-state index in [1.165, 1.54) is 4.90 Å². The van der Waals surface area contributed by atoms with Gasteiger partial charge in [0.1, 0.15) is 5.76 Å². The summed E-state index contributed by atoms with van der Waals surface area (Å²) in [6.45, 7) is 0. The van der Waals surface area contributed by atoms with Crippen molar-refractivity contribution in [1.29, 1.82) is 0 Å². The van der Waals surface area contributed by atoms with Crippen LogP contribution in [0.3, 0.4) is 0 Å². The molecule has 0 saturated carbocycles. The average Bonchev–Trinajstić information content (AvgIpc) is 2.80. The third kappa shape index (κ3) is 3.14. The molecule has 2 aromatic carbocycles. The van der Waals surface area contributed by atoms with Crippen LogP contribution >= 0.6 is 0 Å². The first-order chi connectivity index (χ1) is 16.9. The molecule has 4 atom stereocenters. The Balaban J connectivity index is 1.74. The third-order valence-corrected chi connectivity index (χ3v) is 8.40. The number of likely N-dealkylation sites (N-methyl/N-ethyl adjacent to an activating group) is 1. The fourth-order valence-corrected chi connectivity index (χ4v) is 6.50. The number of rotatable bonds is 3. The van der Waals surface area contributed by atoms with E-state index < -0.39 is 58.0 Å². The molecule has 0 unspecified atom stereocenters. The van der Waals surface area contributed by atoms with Gasteiger partial charge in [0.15, 0.2) is 0 Å². The molecule has 6 N–H and O–H groups in total. The van der Waals surface area contributed by atoms with E-state index in [2.05, 4.69) is 18.3 Å². The van der Waals surface area contributed by atoms with E-state index in [-0.39, 0.29) is 29.7 Å². The summed E-state index contributed by atoms with van der Waals surface area (Å²) in [5.41, 5.74) is 3.27.